The highest BCUT2D eigenvalue weighted by atomic mass is 16.5. The summed E-state index contributed by atoms with van der Waals surface area (Å²) < 4.78 is 17.5. The van der Waals surface area contributed by atoms with Gasteiger partial charge in [-0.15, -0.1) is 0 Å². The van der Waals surface area contributed by atoms with Gasteiger partial charge in [-0.1, -0.05) is 6.07 Å². The van der Waals surface area contributed by atoms with Gasteiger partial charge in [-0.05, 0) is 6.07 Å². The first-order valence-corrected chi connectivity index (χ1v) is 6.66. The zero-order valence-corrected chi connectivity index (χ0v) is 13.0. The molecule has 2 aromatic rings. The topological polar surface area (TPSA) is 74.6 Å². The summed E-state index contributed by atoms with van der Waals surface area (Å²) in [4.78, 5) is 12.1. The Hall–Kier alpha value is -2.70. The zero-order chi connectivity index (χ0) is 16.1. The number of carbonyl (C=O) groups is 1. The third kappa shape index (κ3) is 3.30. The molecule has 0 saturated heterocycles. The summed E-state index contributed by atoms with van der Waals surface area (Å²) in [7, 11) is 6.38. The summed E-state index contributed by atoms with van der Waals surface area (Å²) in [6.45, 7) is 0. The highest BCUT2D eigenvalue weighted by molar-refractivity contribution is 5.92. The van der Waals surface area contributed by atoms with Crippen molar-refractivity contribution in [2.24, 2.45) is 7.05 Å². The van der Waals surface area contributed by atoms with Crippen LogP contribution in [0, 0.1) is 0 Å². The average molecular weight is 305 g/mol. The van der Waals surface area contributed by atoms with Crippen LogP contribution in [0.1, 0.15) is 5.56 Å². The Morgan fingerprint density at radius 2 is 1.86 bits per heavy atom. The van der Waals surface area contributed by atoms with Gasteiger partial charge in [0, 0.05) is 24.9 Å². The van der Waals surface area contributed by atoms with E-state index in [0.717, 1.165) is 0 Å². The van der Waals surface area contributed by atoms with Crippen molar-refractivity contribution >= 4 is 11.7 Å². The molecule has 118 valence electrons. The van der Waals surface area contributed by atoms with Gasteiger partial charge >= 0.3 is 0 Å². The molecular formula is C15H19N3O4. The van der Waals surface area contributed by atoms with Gasteiger partial charge in [-0.3, -0.25) is 9.48 Å². The molecule has 0 aliphatic rings. The van der Waals surface area contributed by atoms with Crippen molar-refractivity contribution in [2.45, 2.75) is 6.42 Å². The van der Waals surface area contributed by atoms with E-state index >= 15 is 0 Å². The molecule has 0 aliphatic carbocycles. The van der Waals surface area contributed by atoms with Crippen LogP contribution in [0.5, 0.6) is 17.2 Å². The molecule has 0 unspecified atom stereocenters. The van der Waals surface area contributed by atoms with Crippen molar-refractivity contribution < 1.29 is 19.0 Å². The van der Waals surface area contributed by atoms with Crippen LogP contribution in [0.25, 0.3) is 0 Å². The third-order valence-electron chi connectivity index (χ3n) is 3.12. The van der Waals surface area contributed by atoms with Crippen LogP contribution in [0.4, 0.5) is 5.82 Å². The predicted octanol–water partition coefficient (Wildman–Crippen LogP) is 1.63. The fourth-order valence-corrected chi connectivity index (χ4v) is 2.14. The van der Waals surface area contributed by atoms with Gasteiger partial charge < -0.3 is 19.5 Å². The molecule has 7 heteroatoms. The van der Waals surface area contributed by atoms with E-state index < -0.39 is 0 Å². The first-order chi connectivity index (χ1) is 10.6. The van der Waals surface area contributed by atoms with Crippen molar-refractivity contribution in [2.75, 3.05) is 26.6 Å². The largest absolute Gasteiger partial charge is 0.493 e. The van der Waals surface area contributed by atoms with Gasteiger partial charge in [0.1, 0.15) is 0 Å². The molecule has 0 atom stereocenters. The molecule has 2 rings (SSSR count). The Morgan fingerprint density at radius 1 is 1.14 bits per heavy atom. The number of amides is 1. The van der Waals surface area contributed by atoms with Gasteiger partial charge in [0.15, 0.2) is 17.3 Å². The molecular weight excluding hydrogens is 286 g/mol. The minimum atomic E-state index is -0.191. The lowest BCUT2D eigenvalue weighted by atomic mass is 10.1. The van der Waals surface area contributed by atoms with Crippen molar-refractivity contribution in [3.8, 4) is 17.2 Å². The van der Waals surface area contributed by atoms with E-state index in [4.69, 9.17) is 14.2 Å². The molecule has 0 saturated carbocycles. The Labute approximate surface area is 128 Å². The number of ether oxygens (including phenoxy) is 3. The van der Waals surface area contributed by atoms with Crippen molar-refractivity contribution in [3.05, 3.63) is 30.0 Å². The van der Waals surface area contributed by atoms with Crippen LogP contribution >= 0.6 is 0 Å². The summed E-state index contributed by atoms with van der Waals surface area (Å²) >= 11 is 0. The second kappa shape index (κ2) is 6.84. The van der Waals surface area contributed by atoms with Gasteiger partial charge in [0.2, 0.25) is 11.7 Å². The van der Waals surface area contributed by atoms with Crippen molar-refractivity contribution in [1.82, 2.24) is 9.78 Å². The van der Waals surface area contributed by atoms with Gasteiger partial charge in [-0.2, -0.15) is 5.10 Å². The Bertz CT molecular complexity index is 667. The SMILES string of the molecule is COc1ccc(CC(=O)Nc2ccn(C)n2)c(OC)c1OC. The molecule has 0 bridgehead atoms. The summed E-state index contributed by atoms with van der Waals surface area (Å²) in [5, 5.41) is 6.83. The highest BCUT2D eigenvalue weighted by Gasteiger charge is 2.18. The minimum Gasteiger partial charge on any atom is -0.493 e. The van der Waals surface area contributed by atoms with Crippen LogP contribution < -0.4 is 19.5 Å². The monoisotopic (exact) mass is 305 g/mol. The number of aromatic nitrogens is 2. The van der Waals surface area contributed by atoms with Gasteiger partial charge in [0.25, 0.3) is 0 Å². The highest BCUT2D eigenvalue weighted by Crippen LogP contribution is 2.39. The summed E-state index contributed by atoms with van der Waals surface area (Å²) in [6.07, 6.45) is 1.90. The third-order valence-corrected chi connectivity index (χ3v) is 3.12. The number of nitrogens with one attached hydrogen (secondary N) is 1. The Balaban J connectivity index is 2.19. The first-order valence-electron chi connectivity index (χ1n) is 6.66. The lowest BCUT2D eigenvalue weighted by Gasteiger charge is -2.15. The maximum Gasteiger partial charge on any atom is 0.230 e. The quantitative estimate of drug-likeness (QED) is 0.878. The van der Waals surface area contributed by atoms with Crippen LogP contribution in [0.2, 0.25) is 0 Å². The lowest BCUT2D eigenvalue weighted by Crippen LogP contribution is -2.15. The fraction of sp³-hybridized carbons (Fsp3) is 0.333. The first kappa shape index (κ1) is 15.7. The smallest absolute Gasteiger partial charge is 0.230 e. The van der Waals surface area contributed by atoms with E-state index in [9.17, 15) is 4.79 Å². The molecule has 0 spiro atoms. The normalized spacial score (nSPS) is 10.2. The average Bonchev–Trinajstić information content (AvgIpc) is 2.91. The minimum absolute atomic E-state index is 0.139. The number of rotatable bonds is 6. The molecule has 0 aliphatic heterocycles. The maximum absolute atomic E-state index is 12.1. The second-order valence-corrected chi connectivity index (χ2v) is 4.59. The molecule has 1 aromatic heterocycles. The predicted molar refractivity (Wildman–Crippen MR) is 81.6 cm³/mol. The number of aryl methyl sites for hydroxylation is 1. The lowest BCUT2D eigenvalue weighted by molar-refractivity contribution is -0.115. The van der Waals surface area contributed by atoms with Crippen LogP contribution in [-0.4, -0.2) is 37.0 Å². The number of nitrogens with zero attached hydrogens (tertiary/aromatic N) is 2. The number of hydrogen-bond acceptors (Lipinski definition) is 5. The van der Waals surface area contributed by atoms with Crippen molar-refractivity contribution in [1.29, 1.82) is 0 Å². The summed E-state index contributed by atoms with van der Waals surface area (Å²) in [6, 6.07) is 5.24. The number of benzene rings is 1. The molecule has 1 heterocycles. The molecule has 0 radical (unpaired) electrons. The van der Waals surface area contributed by atoms with Crippen molar-refractivity contribution in [3.63, 3.8) is 0 Å². The molecule has 22 heavy (non-hydrogen) atoms. The van der Waals surface area contributed by atoms with E-state index in [1.165, 1.54) is 14.2 Å². The summed E-state index contributed by atoms with van der Waals surface area (Å²) in [5.74, 6) is 1.82. The Kier molecular flexibility index (Phi) is 4.88. The Morgan fingerprint density at radius 3 is 2.41 bits per heavy atom. The van der Waals surface area contributed by atoms with E-state index in [-0.39, 0.29) is 12.3 Å². The van der Waals surface area contributed by atoms with E-state index in [2.05, 4.69) is 10.4 Å². The van der Waals surface area contributed by atoms with Crippen LogP contribution in [-0.2, 0) is 18.3 Å². The zero-order valence-electron chi connectivity index (χ0n) is 13.0. The number of anilines is 1. The molecule has 0 fully saturated rings. The molecule has 1 N–H and O–H groups in total. The fourth-order valence-electron chi connectivity index (χ4n) is 2.14. The van der Waals surface area contributed by atoms with E-state index in [1.54, 1.807) is 43.2 Å². The van der Waals surface area contributed by atoms with Gasteiger partial charge in [-0.25, -0.2) is 0 Å². The number of carbonyl (C=O) groups excluding carboxylic acids is 1. The molecule has 1 aromatic carbocycles. The van der Waals surface area contributed by atoms with E-state index in [0.29, 0.717) is 28.6 Å². The molecule has 1 amide bonds. The maximum atomic E-state index is 12.1. The van der Waals surface area contributed by atoms with Crippen LogP contribution in [0.3, 0.4) is 0 Å². The number of hydrogen-bond donors (Lipinski definition) is 1. The van der Waals surface area contributed by atoms with Gasteiger partial charge in [0.05, 0.1) is 27.8 Å². The second-order valence-electron chi connectivity index (χ2n) is 4.59. The van der Waals surface area contributed by atoms with Crippen LogP contribution in [0.15, 0.2) is 24.4 Å². The van der Waals surface area contributed by atoms with E-state index in [1.807, 2.05) is 0 Å². The standard InChI is InChI=1S/C15H19N3O4/c1-18-8-7-12(17-18)16-13(19)9-10-5-6-11(20-2)15(22-4)14(10)21-3/h5-8H,9H2,1-4H3,(H,16,17,19). The number of methoxy groups -OCH3 is 3. The molecule has 7 nitrogen and oxygen atoms in total. The summed E-state index contributed by atoms with van der Waals surface area (Å²) in [5.41, 5.74) is 0.702.